The number of amides is 1. The summed E-state index contributed by atoms with van der Waals surface area (Å²) in [6, 6.07) is 9.49. The van der Waals surface area contributed by atoms with Crippen molar-refractivity contribution in [3.8, 4) is 11.6 Å². The van der Waals surface area contributed by atoms with Crippen molar-refractivity contribution in [3.63, 3.8) is 0 Å². The van der Waals surface area contributed by atoms with Gasteiger partial charge in [-0.2, -0.15) is 4.98 Å². The van der Waals surface area contributed by atoms with E-state index in [9.17, 15) is 4.79 Å². The van der Waals surface area contributed by atoms with Gasteiger partial charge in [0.2, 0.25) is 17.6 Å². The maximum atomic E-state index is 12.0. The van der Waals surface area contributed by atoms with E-state index in [1.165, 1.54) is 5.56 Å². The van der Waals surface area contributed by atoms with Crippen LogP contribution in [0.25, 0.3) is 11.6 Å². The lowest BCUT2D eigenvalue weighted by Gasteiger charge is -2.08. The average molecular weight is 325 g/mol. The molecule has 2 aromatic heterocycles. The second-order valence-electron chi connectivity index (χ2n) is 5.71. The Morgan fingerprint density at radius 2 is 2.12 bits per heavy atom. The van der Waals surface area contributed by atoms with Gasteiger partial charge < -0.3 is 14.3 Å². The third-order valence-electron chi connectivity index (χ3n) is 3.66. The predicted octanol–water partition coefficient (Wildman–Crippen LogP) is 3.91. The number of rotatable bonds is 6. The van der Waals surface area contributed by atoms with Crippen molar-refractivity contribution in [2.45, 2.75) is 33.1 Å². The lowest BCUT2D eigenvalue weighted by atomic mass is 10.1. The van der Waals surface area contributed by atoms with Crippen LogP contribution in [0.3, 0.4) is 0 Å². The smallest absolute Gasteiger partial charge is 0.238 e. The van der Waals surface area contributed by atoms with Crippen LogP contribution in [0.15, 0.2) is 45.5 Å². The first-order valence-corrected chi connectivity index (χ1v) is 7.85. The number of aromatic nitrogens is 2. The summed E-state index contributed by atoms with van der Waals surface area (Å²) in [6.45, 7) is 4.01. The Morgan fingerprint density at radius 1 is 1.25 bits per heavy atom. The molecule has 0 aliphatic heterocycles. The van der Waals surface area contributed by atoms with Gasteiger partial charge in [0.15, 0.2) is 5.76 Å². The summed E-state index contributed by atoms with van der Waals surface area (Å²) >= 11 is 0. The number of nitrogens with one attached hydrogen (secondary N) is 1. The lowest BCUT2D eigenvalue weighted by molar-refractivity contribution is -0.116. The Kier molecular flexibility index (Phi) is 4.74. The molecule has 2 heterocycles. The van der Waals surface area contributed by atoms with Crippen LogP contribution in [0.1, 0.15) is 29.9 Å². The molecule has 1 N–H and O–H groups in total. The maximum absolute atomic E-state index is 12.0. The van der Waals surface area contributed by atoms with Gasteiger partial charge in [0, 0.05) is 18.5 Å². The molecule has 0 saturated heterocycles. The molecule has 0 saturated carbocycles. The predicted molar refractivity (Wildman–Crippen MR) is 89.5 cm³/mol. The van der Waals surface area contributed by atoms with Crippen LogP contribution >= 0.6 is 0 Å². The van der Waals surface area contributed by atoms with Crippen LogP contribution in [-0.4, -0.2) is 16.0 Å². The van der Waals surface area contributed by atoms with Gasteiger partial charge in [-0.15, -0.1) is 0 Å². The van der Waals surface area contributed by atoms with Crippen LogP contribution in [0, 0.1) is 13.8 Å². The standard InChI is InChI=1S/C18H19N3O3/c1-12-8-9-14(13(2)11-12)19-16(22)6-3-7-17-20-18(21-24-17)15-5-4-10-23-15/h4-5,8-11H,3,6-7H2,1-2H3,(H,19,22). The minimum Gasteiger partial charge on any atom is -0.461 e. The van der Waals surface area contributed by atoms with E-state index in [4.69, 9.17) is 8.94 Å². The minimum absolute atomic E-state index is 0.0206. The van der Waals surface area contributed by atoms with Crippen LogP contribution in [0.5, 0.6) is 0 Å². The number of carbonyl (C=O) groups is 1. The van der Waals surface area contributed by atoms with Gasteiger partial charge in [-0.25, -0.2) is 0 Å². The fraction of sp³-hybridized carbons (Fsp3) is 0.278. The molecule has 3 aromatic rings. The highest BCUT2D eigenvalue weighted by Crippen LogP contribution is 2.18. The fourth-order valence-corrected chi connectivity index (χ4v) is 2.43. The molecule has 0 atom stereocenters. The molecule has 3 rings (SSSR count). The van der Waals surface area contributed by atoms with E-state index in [0.717, 1.165) is 11.3 Å². The normalized spacial score (nSPS) is 10.8. The number of furan rings is 1. The number of hydrogen-bond donors (Lipinski definition) is 1. The topological polar surface area (TPSA) is 81.2 Å². The Balaban J connectivity index is 1.48. The average Bonchev–Trinajstić information content (AvgIpc) is 3.21. The van der Waals surface area contributed by atoms with Crippen molar-refractivity contribution >= 4 is 11.6 Å². The van der Waals surface area contributed by atoms with Gasteiger partial charge in [-0.05, 0) is 44.0 Å². The molecule has 24 heavy (non-hydrogen) atoms. The van der Waals surface area contributed by atoms with Crippen LogP contribution in [-0.2, 0) is 11.2 Å². The first-order chi connectivity index (χ1) is 11.6. The third kappa shape index (κ3) is 3.90. The summed E-state index contributed by atoms with van der Waals surface area (Å²) in [6.07, 6.45) is 3.14. The maximum Gasteiger partial charge on any atom is 0.238 e. The van der Waals surface area contributed by atoms with Gasteiger partial charge in [0.1, 0.15) is 0 Å². The zero-order valence-electron chi connectivity index (χ0n) is 13.7. The monoisotopic (exact) mass is 325 g/mol. The molecule has 0 fully saturated rings. The molecular weight excluding hydrogens is 306 g/mol. The summed E-state index contributed by atoms with van der Waals surface area (Å²) in [5.41, 5.74) is 3.08. The van der Waals surface area contributed by atoms with Crippen LogP contribution in [0.4, 0.5) is 5.69 Å². The molecule has 0 unspecified atom stereocenters. The molecule has 0 radical (unpaired) electrons. The van der Waals surface area contributed by atoms with E-state index in [0.29, 0.717) is 36.7 Å². The van der Waals surface area contributed by atoms with Crippen molar-refractivity contribution in [2.24, 2.45) is 0 Å². The van der Waals surface area contributed by atoms with Gasteiger partial charge in [-0.1, -0.05) is 22.9 Å². The number of carbonyl (C=O) groups excluding carboxylic acids is 1. The number of aryl methyl sites for hydroxylation is 3. The summed E-state index contributed by atoms with van der Waals surface area (Å²) in [5, 5.41) is 6.79. The summed E-state index contributed by atoms with van der Waals surface area (Å²) < 4.78 is 10.4. The van der Waals surface area contributed by atoms with E-state index in [-0.39, 0.29) is 5.91 Å². The van der Waals surface area contributed by atoms with Gasteiger partial charge in [-0.3, -0.25) is 4.79 Å². The number of hydrogen-bond acceptors (Lipinski definition) is 5. The second kappa shape index (κ2) is 7.12. The highest BCUT2D eigenvalue weighted by molar-refractivity contribution is 5.91. The highest BCUT2D eigenvalue weighted by atomic mass is 16.5. The molecule has 0 bridgehead atoms. The zero-order valence-corrected chi connectivity index (χ0v) is 13.7. The number of anilines is 1. The minimum atomic E-state index is -0.0206. The first-order valence-electron chi connectivity index (χ1n) is 7.85. The molecular formula is C18H19N3O3. The molecule has 6 heteroatoms. The molecule has 6 nitrogen and oxygen atoms in total. The van der Waals surface area contributed by atoms with Crippen LogP contribution in [0.2, 0.25) is 0 Å². The van der Waals surface area contributed by atoms with Crippen molar-refractivity contribution in [2.75, 3.05) is 5.32 Å². The molecule has 124 valence electrons. The Hall–Kier alpha value is -2.89. The second-order valence-corrected chi connectivity index (χ2v) is 5.71. The van der Waals surface area contributed by atoms with E-state index >= 15 is 0 Å². The van der Waals surface area contributed by atoms with E-state index < -0.39 is 0 Å². The van der Waals surface area contributed by atoms with Crippen LogP contribution < -0.4 is 5.32 Å². The Bertz CT molecular complexity index is 822. The molecule has 0 aliphatic rings. The fourth-order valence-electron chi connectivity index (χ4n) is 2.43. The number of benzene rings is 1. The van der Waals surface area contributed by atoms with E-state index in [2.05, 4.69) is 15.5 Å². The molecule has 0 spiro atoms. The third-order valence-corrected chi connectivity index (χ3v) is 3.66. The highest BCUT2D eigenvalue weighted by Gasteiger charge is 2.11. The first kappa shape index (κ1) is 16.0. The molecule has 1 amide bonds. The molecule has 1 aromatic carbocycles. The van der Waals surface area contributed by atoms with E-state index in [1.807, 2.05) is 32.0 Å². The van der Waals surface area contributed by atoms with Crippen molar-refractivity contribution in [1.82, 2.24) is 10.1 Å². The SMILES string of the molecule is Cc1ccc(NC(=O)CCCc2nc(-c3ccco3)no2)c(C)c1. The van der Waals surface area contributed by atoms with E-state index in [1.54, 1.807) is 18.4 Å². The Morgan fingerprint density at radius 3 is 2.88 bits per heavy atom. The van der Waals surface area contributed by atoms with Gasteiger partial charge in [0.05, 0.1) is 6.26 Å². The number of nitrogens with zero attached hydrogens (tertiary/aromatic N) is 2. The van der Waals surface area contributed by atoms with Crippen molar-refractivity contribution < 1.29 is 13.7 Å². The zero-order chi connectivity index (χ0) is 16.9. The summed E-state index contributed by atoms with van der Waals surface area (Å²) in [7, 11) is 0. The van der Waals surface area contributed by atoms with Gasteiger partial charge >= 0.3 is 0 Å². The summed E-state index contributed by atoms with van der Waals surface area (Å²) in [4.78, 5) is 16.3. The molecule has 0 aliphatic carbocycles. The summed E-state index contributed by atoms with van der Waals surface area (Å²) in [5.74, 6) is 1.47. The Labute approximate surface area is 139 Å². The van der Waals surface area contributed by atoms with Crippen molar-refractivity contribution in [1.29, 1.82) is 0 Å². The quantitative estimate of drug-likeness (QED) is 0.743. The largest absolute Gasteiger partial charge is 0.461 e. The lowest BCUT2D eigenvalue weighted by Crippen LogP contribution is -2.12. The van der Waals surface area contributed by atoms with Crippen molar-refractivity contribution in [3.05, 3.63) is 53.6 Å². The van der Waals surface area contributed by atoms with Gasteiger partial charge in [0.25, 0.3) is 0 Å².